The molecule has 3 N–H and O–H groups in total. The van der Waals surface area contributed by atoms with Gasteiger partial charge in [0.05, 0.1) is 23.5 Å². The van der Waals surface area contributed by atoms with Gasteiger partial charge >= 0.3 is 11.9 Å². The quantitative estimate of drug-likeness (QED) is 0.213. The molecule has 1 atom stereocenters. The Bertz CT molecular complexity index is 1690. The van der Waals surface area contributed by atoms with Gasteiger partial charge in [-0.1, -0.05) is 35.3 Å². The molecule has 0 saturated carbocycles. The smallest absolute Gasteiger partial charge is 0.382 e. The lowest BCUT2D eigenvalue weighted by Gasteiger charge is -2.15. The summed E-state index contributed by atoms with van der Waals surface area (Å²) in [5.41, 5.74) is -0.242. The highest BCUT2D eigenvalue weighted by Gasteiger charge is 2.39. The Balaban J connectivity index is 1.71. The Morgan fingerprint density at radius 1 is 1.05 bits per heavy atom. The van der Waals surface area contributed by atoms with E-state index in [1.807, 2.05) is 0 Å². The number of hydrogen-bond donors (Lipinski definition) is 3. The van der Waals surface area contributed by atoms with Gasteiger partial charge < -0.3 is 10.4 Å². The van der Waals surface area contributed by atoms with Crippen molar-refractivity contribution in [2.24, 2.45) is 0 Å². The standard InChI is InChI=1S/C23H23Cl2F3N8O4S/c1-41(39,40)30-11-10-29-21-31-19(32-36(21)17-5-3-2-4-16(17)25)13-35-22(38)34(12-18(37)23(26,27)28)20(33-35)14-6-8-15(24)9-7-14/h2-9,18,30,37H,10-13H2,1H3,(H,29,31,32)/t18-/m0/s1. The monoisotopic (exact) mass is 634 g/mol. The number of aromatic nitrogens is 6. The average molecular weight is 635 g/mol. The van der Waals surface area contributed by atoms with Gasteiger partial charge in [0.25, 0.3) is 0 Å². The number of hydrogen-bond acceptors (Lipinski definition) is 8. The summed E-state index contributed by atoms with van der Waals surface area (Å²) in [6.07, 6.45) is -6.78. The summed E-state index contributed by atoms with van der Waals surface area (Å²) in [5.74, 6) is 0.0567. The van der Waals surface area contributed by atoms with E-state index in [0.29, 0.717) is 20.3 Å². The molecule has 0 fully saturated rings. The van der Waals surface area contributed by atoms with Crippen LogP contribution in [0.4, 0.5) is 19.1 Å². The molecular formula is C23H23Cl2F3N8O4S. The topological polar surface area (TPSA) is 149 Å². The number of para-hydroxylation sites is 1. The summed E-state index contributed by atoms with van der Waals surface area (Å²) in [7, 11) is -3.43. The third kappa shape index (κ3) is 7.65. The second kappa shape index (κ2) is 12.2. The molecule has 18 heteroatoms. The maximum absolute atomic E-state index is 13.2. The number of benzene rings is 2. The van der Waals surface area contributed by atoms with Crippen molar-refractivity contribution in [2.75, 3.05) is 24.7 Å². The van der Waals surface area contributed by atoms with Gasteiger partial charge in [0.1, 0.15) is 6.54 Å². The predicted octanol–water partition coefficient (Wildman–Crippen LogP) is 2.53. The average Bonchev–Trinajstić information content (AvgIpc) is 3.42. The van der Waals surface area contributed by atoms with Crippen LogP contribution in [-0.2, 0) is 23.1 Å². The van der Waals surface area contributed by atoms with Crippen LogP contribution in [0.5, 0.6) is 0 Å². The van der Waals surface area contributed by atoms with Crippen LogP contribution in [0.3, 0.4) is 0 Å². The lowest BCUT2D eigenvalue weighted by atomic mass is 10.2. The molecule has 2 aromatic heterocycles. The van der Waals surface area contributed by atoms with E-state index in [1.54, 1.807) is 24.3 Å². The van der Waals surface area contributed by atoms with Gasteiger partial charge in [-0.25, -0.2) is 22.6 Å². The number of halogens is 5. The van der Waals surface area contributed by atoms with E-state index in [4.69, 9.17) is 23.2 Å². The van der Waals surface area contributed by atoms with Crippen molar-refractivity contribution in [3.63, 3.8) is 0 Å². The van der Waals surface area contributed by atoms with Crippen LogP contribution in [0.15, 0.2) is 53.3 Å². The summed E-state index contributed by atoms with van der Waals surface area (Å²) >= 11 is 12.3. The van der Waals surface area contributed by atoms with E-state index in [0.717, 1.165) is 10.9 Å². The zero-order chi connectivity index (χ0) is 29.9. The Hall–Kier alpha value is -3.44. The minimum atomic E-state index is -4.97. The first-order chi connectivity index (χ1) is 19.2. The molecule has 0 aliphatic carbocycles. The third-order valence-corrected chi connectivity index (χ3v) is 6.85. The van der Waals surface area contributed by atoms with Crippen molar-refractivity contribution in [3.05, 3.63) is 74.9 Å². The molecule has 0 unspecified atom stereocenters. The molecule has 12 nitrogen and oxygen atoms in total. The lowest BCUT2D eigenvalue weighted by molar-refractivity contribution is -0.207. The van der Waals surface area contributed by atoms with E-state index < -0.39 is 34.5 Å². The molecule has 2 aromatic carbocycles. The molecule has 0 saturated heterocycles. The SMILES string of the molecule is CS(=O)(=O)NCCNc1nc(Cn2nc(-c3ccc(Cl)cc3)n(C[C@H](O)C(F)(F)F)c2=O)nn1-c1ccccc1Cl. The Kier molecular flexibility index (Phi) is 9.08. The number of alkyl halides is 3. The zero-order valence-electron chi connectivity index (χ0n) is 21.2. The van der Waals surface area contributed by atoms with E-state index in [2.05, 4.69) is 25.2 Å². The second-order valence-electron chi connectivity index (χ2n) is 8.75. The molecule has 41 heavy (non-hydrogen) atoms. The summed E-state index contributed by atoms with van der Waals surface area (Å²) in [5, 5.41) is 21.9. The summed E-state index contributed by atoms with van der Waals surface area (Å²) in [6, 6.07) is 12.6. The van der Waals surface area contributed by atoms with E-state index in [1.165, 1.54) is 28.9 Å². The van der Waals surface area contributed by atoms with Crippen molar-refractivity contribution >= 4 is 39.2 Å². The van der Waals surface area contributed by atoms with Gasteiger partial charge in [0.2, 0.25) is 16.0 Å². The minimum Gasteiger partial charge on any atom is -0.382 e. The van der Waals surface area contributed by atoms with Crippen molar-refractivity contribution < 1.29 is 26.7 Å². The van der Waals surface area contributed by atoms with Crippen LogP contribution in [0.2, 0.25) is 10.0 Å². The van der Waals surface area contributed by atoms with Crippen LogP contribution in [-0.4, -0.2) is 74.3 Å². The van der Waals surface area contributed by atoms with Crippen molar-refractivity contribution in [1.29, 1.82) is 0 Å². The third-order valence-electron chi connectivity index (χ3n) is 5.55. The Labute approximate surface area is 241 Å². The van der Waals surface area contributed by atoms with Gasteiger partial charge in [-0.2, -0.15) is 22.8 Å². The zero-order valence-corrected chi connectivity index (χ0v) is 23.5. The number of aliphatic hydroxyl groups is 1. The molecule has 220 valence electrons. The van der Waals surface area contributed by atoms with E-state index in [9.17, 15) is 31.5 Å². The van der Waals surface area contributed by atoms with Gasteiger partial charge in [-0.15, -0.1) is 10.2 Å². The van der Waals surface area contributed by atoms with Gasteiger partial charge in [-0.05, 0) is 36.4 Å². The Morgan fingerprint density at radius 2 is 1.73 bits per heavy atom. The molecule has 2 heterocycles. The summed E-state index contributed by atoms with van der Waals surface area (Å²) in [4.78, 5) is 17.6. The first-order valence-electron chi connectivity index (χ1n) is 11.8. The fourth-order valence-corrected chi connectivity index (χ4v) is 4.48. The molecule has 4 aromatic rings. The van der Waals surface area contributed by atoms with Gasteiger partial charge in [-0.3, -0.25) is 4.57 Å². The fourth-order valence-electron chi connectivity index (χ4n) is 3.67. The number of rotatable bonds is 11. The predicted molar refractivity (Wildman–Crippen MR) is 146 cm³/mol. The number of sulfonamides is 1. The van der Waals surface area contributed by atoms with Crippen LogP contribution in [0.1, 0.15) is 5.82 Å². The summed E-state index contributed by atoms with van der Waals surface area (Å²) < 4.78 is 67.4. The largest absolute Gasteiger partial charge is 0.416 e. The second-order valence-corrected chi connectivity index (χ2v) is 11.4. The molecule has 4 rings (SSSR count). The first kappa shape index (κ1) is 30.5. The molecule has 0 amide bonds. The van der Waals surface area contributed by atoms with Crippen molar-refractivity contribution in [1.82, 2.24) is 33.8 Å². The highest BCUT2D eigenvalue weighted by Crippen LogP contribution is 2.25. The van der Waals surface area contributed by atoms with Crippen LogP contribution >= 0.6 is 23.2 Å². The fraction of sp³-hybridized carbons (Fsp3) is 0.304. The maximum atomic E-state index is 13.2. The number of nitrogens with one attached hydrogen (secondary N) is 2. The number of anilines is 1. The van der Waals surface area contributed by atoms with E-state index in [-0.39, 0.29) is 42.8 Å². The molecule has 0 aliphatic rings. The summed E-state index contributed by atoms with van der Waals surface area (Å²) in [6.45, 7) is -1.32. The molecule has 0 spiro atoms. The molecule has 0 bridgehead atoms. The van der Waals surface area contributed by atoms with Crippen LogP contribution in [0.25, 0.3) is 17.1 Å². The minimum absolute atomic E-state index is 0.0272. The highest BCUT2D eigenvalue weighted by molar-refractivity contribution is 7.88. The normalized spacial score (nSPS) is 13.0. The van der Waals surface area contributed by atoms with Crippen LogP contribution in [0, 0.1) is 0 Å². The number of nitrogens with zero attached hydrogens (tertiary/aromatic N) is 6. The maximum Gasteiger partial charge on any atom is 0.416 e. The highest BCUT2D eigenvalue weighted by atomic mass is 35.5. The van der Waals surface area contributed by atoms with Gasteiger partial charge in [0.15, 0.2) is 17.8 Å². The molecular weight excluding hydrogens is 612 g/mol. The van der Waals surface area contributed by atoms with Crippen molar-refractivity contribution in [2.45, 2.75) is 25.4 Å². The first-order valence-corrected chi connectivity index (χ1v) is 14.5. The Morgan fingerprint density at radius 3 is 2.37 bits per heavy atom. The van der Waals surface area contributed by atoms with Crippen LogP contribution < -0.4 is 15.7 Å². The van der Waals surface area contributed by atoms with E-state index >= 15 is 0 Å². The molecule has 0 aliphatic heterocycles. The number of aliphatic hydroxyl groups excluding tert-OH is 1. The lowest BCUT2D eigenvalue weighted by Crippen LogP contribution is -2.37. The van der Waals surface area contributed by atoms with Gasteiger partial charge in [0, 0.05) is 23.7 Å². The van der Waals surface area contributed by atoms with Crippen molar-refractivity contribution in [3.8, 4) is 17.1 Å². The molecule has 0 radical (unpaired) electrons.